The van der Waals surface area contributed by atoms with Crippen LogP contribution in [0.1, 0.15) is 47.0 Å². The lowest BCUT2D eigenvalue weighted by Gasteiger charge is -2.41. The van der Waals surface area contributed by atoms with Crippen molar-refractivity contribution in [2.24, 2.45) is 0 Å². The molecule has 0 saturated heterocycles. The van der Waals surface area contributed by atoms with E-state index in [0.29, 0.717) is 0 Å². The van der Waals surface area contributed by atoms with Gasteiger partial charge >= 0.3 is 0 Å². The van der Waals surface area contributed by atoms with E-state index in [-0.39, 0.29) is 0 Å². The van der Waals surface area contributed by atoms with Crippen molar-refractivity contribution in [3.63, 3.8) is 0 Å². The van der Waals surface area contributed by atoms with E-state index in [1.54, 1.807) is 0 Å². The zero-order valence-corrected chi connectivity index (χ0v) is 9.72. The second-order valence-corrected chi connectivity index (χ2v) is 4.52. The van der Waals surface area contributed by atoms with Gasteiger partial charge in [-0.15, -0.1) is 0 Å². The van der Waals surface area contributed by atoms with Gasteiger partial charge in [-0.25, -0.2) is 0 Å². The average Bonchev–Trinajstić information content (AvgIpc) is 2.03. The van der Waals surface area contributed by atoms with Crippen molar-refractivity contribution < 1.29 is 4.48 Å². The fraction of sp³-hybridized carbons (Fsp3) is 1.00. The summed E-state index contributed by atoms with van der Waals surface area (Å²) >= 11 is 0. The maximum atomic E-state index is 2.37. The van der Waals surface area contributed by atoms with Gasteiger partial charge in [0.25, 0.3) is 0 Å². The molecule has 2 atom stereocenters. The van der Waals surface area contributed by atoms with Gasteiger partial charge < -0.3 is 4.48 Å². The molecule has 0 aromatic heterocycles. The molecule has 0 aromatic carbocycles. The highest BCUT2D eigenvalue weighted by molar-refractivity contribution is 4.55. The Hall–Kier alpha value is -0.0400. The monoisotopic (exact) mass is 172 g/mol. The van der Waals surface area contributed by atoms with Gasteiger partial charge in [-0.05, 0) is 26.7 Å². The predicted molar refractivity (Wildman–Crippen MR) is 56.2 cm³/mol. The molecule has 0 bridgehead atoms. The third kappa shape index (κ3) is 2.78. The van der Waals surface area contributed by atoms with Crippen LogP contribution in [0.25, 0.3) is 0 Å². The summed E-state index contributed by atoms with van der Waals surface area (Å²) in [6, 6.07) is 1.58. The second-order valence-electron chi connectivity index (χ2n) is 4.52. The highest BCUT2D eigenvalue weighted by Crippen LogP contribution is 2.18. The molecule has 0 aliphatic rings. The molecule has 12 heavy (non-hydrogen) atoms. The smallest absolute Gasteiger partial charge is 0.0859 e. The first-order valence-corrected chi connectivity index (χ1v) is 5.30. The fourth-order valence-electron chi connectivity index (χ4n) is 1.66. The predicted octanol–water partition coefficient (Wildman–Crippen LogP) is 3.05. The molecular weight excluding hydrogens is 146 g/mol. The molecule has 0 aromatic rings. The maximum absolute atomic E-state index is 2.37. The molecule has 74 valence electrons. The van der Waals surface area contributed by atoms with E-state index in [4.69, 9.17) is 0 Å². The molecule has 0 amide bonds. The molecule has 0 radical (unpaired) electrons. The highest BCUT2D eigenvalue weighted by atomic mass is 15.3. The van der Waals surface area contributed by atoms with Gasteiger partial charge in [0.15, 0.2) is 0 Å². The standard InChI is InChI=1S/C11H26N/c1-7-9-11(4)12(5,6)10(3)8-2/h10-11H,7-9H2,1-6H3/q+1. The van der Waals surface area contributed by atoms with Crippen LogP contribution < -0.4 is 0 Å². The SMILES string of the molecule is CCCC(C)[N+](C)(C)C(C)CC. The van der Waals surface area contributed by atoms with E-state index in [2.05, 4.69) is 41.8 Å². The Bertz CT molecular complexity index is 118. The topological polar surface area (TPSA) is 0 Å². The van der Waals surface area contributed by atoms with Crippen LogP contribution >= 0.6 is 0 Å². The van der Waals surface area contributed by atoms with E-state index < -0.39 is 0 Å². The lowest BCUT2D eigenvalue weighted by Crippen LogP contribution is -2.53. The van der Waals surface area contributed by atoms with Crippen molar-refractivity contribution in [2.45, 2.75) is 59.0 Å². The Kier molecular flexibility index (Phi) is 4.84. The highest BCUT2D eigenvalue weighted by Gasteiger charge is 2.28. The molecule has 2 unspecified atom stereocenters. The van der Waals surface area contributed by atoms with Gasteiger partial charge in [-0.3, -0.25) is 0 Å². The Morgan fingerprint density at radius 1 is 1.00 bits per heavy atom. The minimum absolute atomic E-state index is 0.784. The Morgan fingerprint density at radius 3 is 1.83 bits per heavy atom. The lowest BCUT2D eigenvalue weighted by atomic mass is 10.1. The van der Waals surface area contributed by atoms with Crippen LogP contribution in [0.2, 0.25) is 0 Å². The van der Waals surface area contributed by atoms with E-state index in [9.17, 15) is 0 Å². The normalized spacial score (nSPS) is 17.5. The molecule has 1 heteroatoms. The van der Waals surface area contributed by atoms with Gasteiger partial charge in [0.2, 0.25) is 0 Å². The summed E-state index contributed by atoms with van der Waals surface area (Å²) in [5, 5.41) is 0. The van der Waals surface area contributed by atoms with Gasteiger partial charge in [-0.2, -0.15) is 0 Å². The molecule has 0 N–H and O–H groups in total. The molecule has 0 aliphatic heterocycles. The first-order chi connectivity index (χ1) is 5.46. The minimum Gasteiger partial charge on any atom is -0.324 e. The first-order valence-electron chi connectivity index (χ1n) is 5.30. The zero-order chi connectivity index (χ0) is 9.78. The fourth-order valence-corrected chi connectivity index (χ4v) is 1.66. The second kappa shape index (κ2) is 4.86. The van der Waals surface area contributed by atoms with Crippen LogP contribution in [0.15, 0.2) is 0 Å². The molecule has 0 spiro atoms. The third-order valence-corrected chi connectivity index (χ3v) is 3.57. The van der Waals surface area contributed by atoms with Crippen LogP contribution in [-0.4, -0.2) is 30.7 Å². The van der Waals surface area contributed by atoms with E-state index in [0.717, 1.165) is 12.1 Å². The van der Waals surface area contributed by atoms with Crippen molar-refractivity contribution in [1.82, 2.24) is 0 Å². The number of nitrogens with zero attached hydrogens (tertiary/aromatic N) is 1. The molecule has 0 saturated carbocycles. The van der Waals surface area contributed by atoms with Gasteiger partial charge in [0.05, 0.1) is 26.2 Å². The van der Waals surface area contributed by atoms with E-state index in [1.165, 1.54) is 23.7 Å². The molecule has 1 nitrogen and oxygen atoms in total. The summed E-state index contributed by atoms with van der Waals surface area (Å²) in [6.45, 7) is 9.28. The first kappa shape index (κ1) is 12.0. The zero-order valence-electron chi connectivity index (χ0n) is 9.72. The molecule has 0 heterocycles. The van der Waals surface area contributed by atoms with Crippen molar-refractivity contribution in [3.05, 3.63) is 0 Å². The number of hydrogen-bond acceptors (Lipinski definition) is 0. The van der Waals surface area contributed by atoms with Gasteiger partial charge in [0, 0.05) is 0 Å². The van der Waals surface area contributed by atoms with Crippen LogP contribution in [0, 0.1) is 0 Å². The van der Waals surface area contributed by atoms with Crippen molar-refractivity contribution in [2.75, 3.05) is 14.1 Å². The van der Waals surface area contributed by atoms with Crippen LogP contribution in [0.5, 0.6) is 0 Å². The summed E-state index contributed by atoms with van der Waals surface area (Å²) in [4.78, 5) is 0. The Morgan fingerprint density at radius 2 is 1.50 bits per heavy atom. The summed E-state index contributed by atoms with van der Waals surface area (Å²) in [7, 11) is 4.71. The minimum atomic E-state index is 0.784. The number of quaternary nitrogens is 1. The third-order valence-electron chi connectivity index (χ3n) is 3.57. The van der Waals surface area contributed by atoms with E-state index in [1.807, 2.05) is 0 Å². The van der Waals surface area contributed by atoms with Crippen molar-refractivity contribution in [1.29, 1.82) is 0 Å². The van der Waals surface area contributed by atoms with Crippen LogP contribution in [-0.2, 0) is 0 Å². The summed E-state index contributed by atoms with van der Waals surface area (Å²) in [5.41, 5.74) is 0. The van der Waals surface area contributed by atoms with Crippen LogP contribution in [0.3, 0.4) is 0 Å². The van der Waals surface area contributed by atoms with Crippen molar-refractivity contribution in [3.8, 4) is 0 Å². The number of hydrogen-bond donors (Lipinski definition) is 0. The van der Waals surface area contributed by atoms with Gasteiger partial charge in [-0.1, -0.05) is 20.3 Å². The molecule has 0 rings (SSSR count). The quantitative estimate of drug-likeness (QED) is 0.559. The largest absolute Gasteiger partial charge is 0.324 e. The Balaban J connectivity index is 4.16. The molecule has 0 aliphatic carbocycles. The molecule has 0 fully saturated rings. The molecular formula is C11H26N+. The summed E-state index contributed by atoms with van der Waals surface area (Å²) in [5.74, 6) is 0. The summed E-state index contributed by atoms with van der Waals surface area (Å²) in [6.07, 6.45) is 3.93. The van der Waals surface area contributed by atoms with E-state index >= 15 is 0 Å². The number of rotatable bonds is 5. The van der Waals surface area contributed by atoms with Gasteiger partial charge in [0.1, 0.15) is 0 Å². The Labute approximate surface area is 78.4 Å². The lowest BCUT2D eigenvalue weighted by molar-refractivity contribution is -0.935. The van der Waals surface area contributed by atoms with Crippen LogP contribution in [0.4, 0.5) is 0 Å². The average molecular weight is 172 g/mol. The van der Waals surface area contributed by atoms with Crippen molar-refractivity contribution >= 4 is 0 Å². The maximum Gasteiger partial charge on any atom is 0.0859 e. The summed E-state index contributed by atoms with van der Waals surface area (Å²) < 4.78 is 1.17.